The molecule has 1 aliphatic heterocycles. The molecule has 9 rings (SSSR count). The SMILES string of the molecule is CNC(=O)C[C@@H]1NC(=O)c2csc(n2)-c2ccc(-c3nc(N(CCOCC(=O)O)C(=O)OC(CCCCC(=O)O)CCC(=O)O)cs3)nc2-c2csc(n2)-c2csc(n2)[C@H]([C@@H](O)c2ccccc2)NC(=O)CNC(=O)c2nc(sc2COC)C(C(C)C)NC(=O)c2nc1sc2C. The van der Waals surface area contributed by atoms with Crippen molar-refractivity contribution in [3.8, 4) is 43.4 Å². The lowest BCUT2D eigenvalue weighted by atomic mass is 10.0. The Morgan fingerprint density at radius 1 is 0.677 bits per heavy atom. The number of aliphatic hydroxyl groups is 1. The van der Waals surface area contributed by atoms with E-state index in [9.17, 15) is 63.6 Å². The van der Waals surface area contributed by atoms with Gasteiger partial charge in [0, 0.05) is 59.0 Å². The van der Waals surface area contributed by atoms with Crippen molar-refractivity contribution in [2.24, 2.45) is 5.92 Å². The number of pyridine rings is 1. The minimum absolute atomic E-state index is 0.0189. The molecule has 0 radical (unpaired) electrons. The lowest BCUT2D eigenvalue weighted by Crippen LogP contribution is -2.40. The molecule has 0 fully saturated rings. The van der Waals surface area contributed by atoms with Crippen LogP contribution in [0.2, 0.25) is 0 Å². The third-order valence-electron chi connectivity index (χ3n) is 14.5. The van der Waals surface area contributed by atoms with Gasteiger partial charge in [-0.05, 0) is 56.2 Å². The van der Waals surface area contributed by atoms with E-state index in [1.165, 1.54) is 36.3 Å². The number of methoxy groups -OCH3 is 1. The van der Waals surface area contributed by atoms with Gasteiger partial charge in [-0.2, -0.15) is 0 Å². The molecular formula is C61H65N13O16S6. The van der Waals surface area contributed by atoms with Crippen molar-refractivity contribution in [2.75, 3.05) is 45.4 Å². The average molecular weight is 1430 g/mol. The summed E-state index contributed by atoms with van der Waals surface area (Å²) >= 11 is 6.76. The second-order valence-corrected chi connectivity index (χ2v) is 27.6. The highest BCUT2D eigenvalue weighted by Crippen LogP contribution is 2.40. The van der Waals surface area contributed by atoms with E-state index in [1.807, 2.05) is 13.8 Å². The average Bonchev–Trinajstić information content (AvgIpc) is 1.56. The zero-order chi connectivity index (χ0) is 68.7. The predicted molar refractivity (Wildman–Crippen MR) is 356 cm³/mol. The van der Waals surface area contributed by atoms with E-state index in [1.54, 1.807) is 60.1 Å². The maximum absolute atomic E-state index is 14.4. The van der Waals surface area contributed by atoms with Gasteiger partial charge in [0.05, 0.1) is 55.4 Å². The Labute approximate surface area is 571 Å². The number of carbonyl (C=O) groups is 9. The Kier molecular flexibility index (Phi) is 24.6. The number of rotatable bonds is 23. The number of fused-ring (bicyclic) bond motifs is 14. The minimum atomic E-state index is -1.34. The molecule has 2 unspecified atom stereocenters. The molecule has 35 heteroatoms. The predicted octanol–water partition coefficient (Wildman–Crippen LogP) is 8.23. The first-order valence-corrected chi connectivity index (χ1v) is 34.9. The van der Waals surface area contributed by atoms with Gasteiger partial charge in [0.1, 0.15) is 94.9 Å². The van der Waals surface area contributed by atoms with Crippen LogP contribution in [0.5, 0.6) is 0 Å². The normalized spacial score (nSPS) is 15.9. The number of aliphatic carboxylic acids is 3. The molecule has 506 valence electrons. The molecule has 0 aliphatic carbocycles. The van der Waals surface area contributed by atoms with Gasteiger partial charge in [-0.3, -0.25) is 38.5 Å². The molecule has 9 N–H and O–H groups in total. The molecule has 0 saturated carbocycles. The molecule has 29 nitrogen and oxygen atoms in total. The number of hydrogen-bond acceptors (Lipinski definition) is 26. The molecule has 0 spiro atoms. The van der Waals surface area contributed by atoms with Gasteiger partial charge in [0.2, 0.25) is 11.8 Å². The minimum Gasteiger partial charge on any atom is -0.481 e. The Bertz CT molecular complexity index is 4130. The standard InChI is InChI=1S/C61H65N13O16S6/c1-29(2)46-60-73-49(39(96-60)23-88-5)53(85)63-22-42(76)70-50(51(83)31-11-7-6-8-12-31)59-68-38(27-93-59)57-66-36(25-92-57)48-33(55-67-37(26-91-55)52(84)65-35(21-41(75)62-4)58-72-47(30(3)95-58)54(86)71-46)16-17-34(64-48)56-69-40(28-94-56)74(19-20-89-24-45(81)82)61(87)90-32(15-18-44(79)80)13-9-10-14-43(77)78/h6-8,11-12,16-17,25-29,32,35,46,50-51,83H,9-10,13-15,18-24H2,1-5H3,(H,62,75)(H,63,85)(H,65,84)(H,70,76)(H,71,86)(H,77,78)(H,79,80)(H,81,82)/t32?,35-,46?,50-,51-/m0/s1. The van der Waals surface area contributed by atoms with Gasteiger partial charge < -0.3 is 61.2 Å². The van der Waals surface area contributed by atoms with Gasteiger partial charge in [-0.25, -0.2) is 44.5 Å². The van der Waals surface area contributed by atoms with Crippen LogP contribution in [0.25, 0.3) is 43.4 Å². The molecule has 6 amide bonds. The number of hydrogen-bond donors (Lipinski definition) is 9. The van der Waals surface area contributed by atoms with E-state index in [0.29, 0.717) is 53.7 Å². The number of anilines is 1. The lowest BCUT2D eigenvalue weighted by Gasteiger charge is -2.24. The fourth-order valence-corrected chi connectivity index (χ4v) is 15.3. The zero-order valence-electron chi connectivity index (χ0n) is 52.0. The van der Waals surface area contributed by atoms with Crippen LogP contribution in [0, 0.1) is 12.8 Å². The number of aromatic nitrogens is 7. The van der Waals surface area contributed by atoms with E-state index >= 15 is 0 Å². The number of thiazole rings is 6. The number of carboxylic acids is 3. The van der Waals surface area contributed by atoms with Gasteiger partial charge in [0.25, 0.3) is 17.7 Å². The summed E-state index contributed by atoms with van der Waals surface area (Å²) in [7, 11) is 2.89. The number of aliphatic hydroxyl groups excluding tert-OH is 1. The van der Waals surface area contributed by atoms with E-state index in [0.717, 1.165) is 61.6 Å². The highest BCUT2D eigenvalue weighted by molar-refractivity contribution is 7.15. The molecule has 1 aromatic carbocycles. The summed E-state index contributed by atoms with van der Waals surface area (Å²) in [5.41, 5.74) is 1.95. The van der Waals surface area contributed by atoms with Crippen LogP contribution in [0.1, 0.15) is 145 Å². The zero-order valence-corrected chi connectivity index (χ0v) is 56.9. The second kappa shape index (κ2) is 33.1. The maximum Gasteiger partial charge on any atom is 0.415 e. The fourth-order valence-electron chi connectivity index (χ4n) is 9.72. The number of nitrogens with zero attached hydrogens (tertiary/aromatic N) is 8. The maximum atomic E-state index is 14.4. The Morgan fingerprint density at radius 2 is 1.39 bits per heavy atom. The first-order chi connectivity index (χ1) is 46.1. The van der Waals surface area contributed by atoms with Gasteiger partial charge >= 0.3 is 24.0 Å². The van der Waals surface area contributed by atoms with E-state index in [4.69, 9.17) is 39.1 Å². The second-order valence-electron chi connectivity index (χ2n) is 21.8. The number of carbonyl (C=O) groups excluding carboxylic acids is 6. The van der Waals surface area contributed by atoms with Crippen molar-refractivity contribution in [1.82, 2.24) is 61.5 Å². The molecule has 1 aliphatic rings. The topological polar surface area (TPSA) is 416 Å². The van der Waals surface area contributed by atoms with Crippen LogP contribution >= 0.6 is 68.0 Å². The highest BCUT2D eigenvalue weighted by Gasteiger charge is 2.34. The first kappa shape index (κ1) is 71.4. The van der Waals surface area contributed by atoms with E-state index in [-0.39, 0.29) is 114 Å². The molecule has 10 bridgehead atoms. The van der Waals surface area contributed by atoms with Crippen LogP contribution < -0.4 is 31.5 Å². The van der Waals surface area contributed by atoms with E-state index < -0.39 is 97.0 Å². The quantitative estimate of drug-likeness (QED) is 0.0272. The van der Waals surface area contributed by atoms with Crippen LogP contribution in [0.15, 0.2) is 64.0 Å². The summed E-state index contributed by atoms with van der Waals surface area (Å²) in [6, 6.07) is 8.98. The van der Waals surface area contributed by atoms with Crippen molar-refractivity contribution in [3.05, 3.63) is 111 Å². The number of unbranched alkanes of at least 4 members (excludes halogenated alkanes) is 1. The Morgan fingerprint density at radius 3 is 2.11 bits per heavy atom. The number of ether oxygens (including phenoxy) is 3. The smallest absolute Gasteiger partial charge is 0.415 e. The summed E-state index contributed by atoms with van der Waals surface area (Å²) in [5.74, 6) is -6.77. The van der Waals surface area contributed by atoms with Crippen LogP contribution in [-0.2, 0) is 44.8 Å². The van der Waals surface area contributed by atoms with Crippen molar-refractivity contribution in [1.29, 1.82) is 0 Å². The highest BCUT2D eigenvalue weighted by atomic mass is 32.1. The van der Waals surface area contributed by atoms with Crippen LogP contribution in [0.4, 0.5) is 10.6 Å². The van der Waals surface area contributed by atoms with Crippen LogP contribution in [0.3, 0.4) is 0 Å². The summed E-state index contributed by atoms with van der Waals surface area (Å²) in [4.78, 5) is 154. The fraction of sp³-hybridized carbons (Fsp3) is 0.377. The number of benzene rings is 1. The van der Waals surface area contributed by atoms with Crippen molar-refractivity contribution in [2.45, 2.75) is 103 Å². The molecule has 0 saturated heterocycles. The number of carboxylic acid groups (broad SMARTS) is 3. The monoisotopic (exact) mass is 1430 g/mol. The van der Waals surface area contributed by atoms with Crippen LogP contribution in [-0.4, -0.2) is 155 Å². The Hall–Kier alpha value is -8.94. The number of amides is 6. The van der Waals surface area contributed by atoms with Gasteiger partial charge in [-0.1, -0.05) is 44.2 Å². The third-order valence-corrected chi connectivity index (χ3v) is 20.2. The number of nitrogens with one attached hydrogen (secondary N) is 5. The molecule has 5 atom stereocenters. The summed E-state index contributed by atoms with van der Waals surface area (Å²) in [5, 5.41) is 62.2. The van der Waals surface area contributed by atoms with E-state index in [2.05, 4.69) is 36.6 Å². The molecular weight excluding hydrogens is 1360 g/mol. The first-order valence-electron chi connectivity index (χ1n) is 29.7. The Balaban J connectivity index is 1.11. The van der Waals surface area contributed by atoms with Crippen molar-refractivity contribution in [3.63, 3.8) is 0 Å². The molecule has 8 heterocycles. The third kappa shape index (κ3) is 18.3. The molecule has 7 aromatic heterocycles. The van der Waals surface area contributed by atoms with Gasteiger partial charge in [0.15, 0.2) is 0 Å². The summed E-state index contributed by atoms with van der Waals surface area (Å²) in [6.07, 6.45) is -3.38. The van der Waals surface area contributed by atoms with Crippen molar-refractivity contribution >= 4 is 127 Å². The van der Waals surface area contributed by atoms with Crippen molar-refractivity contribution < 1.29 is 77.8 Å². The summed E-state index contributed by atoms with van der Waals surface area (Å²) < 4.78 is 16.6. The largest absolute Gasteiger partial charge is 0.481 e. The molecule has 96 heavy (non-hydrogen) atoms. The number of aryl methyl sites for hydroxylation is 1. The van der Waals surface area contributed by atoms with Gasteiger partial charge in [-0.15, -0.1) is 68.0 Å². The summed E-state index contributed by atoms with van der Waals surface area (Å²) in [6.45, 7) is 3.59. The molecule has 8 aromatic rings. The lowest BCUT2D eigenvalue weighted by molar-refractivity contribution is -0.142.